The van der Waals surface area contributed by atoms with Gasteiger partial charge in [-0.1, -0.05) is 44.9 Å². The predicted molar refractivity (Wildman–Crippen MR) is 83.8 cm³/mol. The number of amides is 1. The molecule has 1 N–H and O–H groups in total. The first-order valence-corrected chi connectivity index (χ1v) is 7.45. The van der Waals surface area contributed by atoms with Crippen LogP contribution in [-0.2, 0) is 4.79 Å². The Labute approximate surface area is 122 Å². The van der Waals surface area contributed by atoms with Gasteiger partial charge in [-0.05, 0) is 25.0 Å². The summed E-state index contributed by atoms with van der Waals surface area (Å²) < 4.78 is 5.73. The molecule has 3 nitrogen and oxygen atoms in total. The van der Waals surface area contributed by atoms with Crippen molar-refractivity contribution in [3.63, 3.8) is 0 Å². The summed E-state index contributed by atoms with van der Waals surface area (Å²) in [5.41, 5.74) is 0.939. The second-order valence-electron chi connectivity index (χ2n) is 4.72. The molecule has 0 spiro atoms. The monoisotopic (exact) mass is 275 g/mol. The average molecular weight is 275 g/mol. The van der Waals surface area contributed by atoms with Crippen LogP contribution in [0.3, 0.4) is 0 Å². The van der Waals surface area contributed by atoms with E-state index in [1.807, 2.05) is 30.3 Å². The Balaban J connectivity index is 2.55. The molecular weight excluding hydrogens is 250 g/mol. The average Bonchev–Trinajstić information content (AvgIpc) is 2.47. The summed E-state index contributed by atoms with van der Waals surface area (Å²) >= 11 is 0. The standard InChI is InChI=1S/C17H25NO2/c1-3-5-13-18-17(19)12-11-15-9-7-8-10-16(15)20-14-6-4-2/h7-12H,3-6,13-14H2,1-2H3,(H,18,19)/b12-11+. The fourth-order valence-electron chi connectivity index (χ4n) is 1.69. The minimum atomic E-state index is -0.0539. The Hall–Kier alpha value is -1.77. The van der Waals surface area contributed by atoms with Gasteiger partial charge < -0.3 is 10.1 Å². The van der Waals surface area contributed by atoms with Gasteiger partial charge in [-0.15, -0.1) is 0 Å². The number of rotatable bonds is 9. The third-order valence-corrected chi connectivity index (χ3v) is 2.92. The Kier molecular flexibility index (Phi) is 8.20. The van der Waals surface area contributed by atoms with Crippen molar-refractivity contribution >= 4 is 12.0 Å². The van der Waals surface area contributed by atoms with Crippen LogP contribution in [0.15, 0.2) is 30.3 Å². The number of benzene rings is 1. The molecule has 0 fully saturated rings. The summed E-state index contributed by atoms with van der Waals surface area (Å²) in [7, 11) is 0. The molecule has 1 aromatic rings. The topological polar surface area (TPSA) is 38.3 Å². The lowest BCUT2D eigenvalue weighted by Crippen LogP contribution is -2.21. The molecule has 1 aromatic carbocycles. The fourth-order valence-corrected chi connectivity index (χ4v) is 1.69. The molecule has 0 saturated carbocycles. The third kappa shape index (κ3) is 6.41. The first-order chi connectivity index (χ1) is 9.77. The van der Waals surface area contributed by atoms with Gasteiger partial charge >= 0.3 is 0 Å². The van der Waals surface area contributed by atoms with Crippen molar-refractivity contribution in [2.75, 3.05) is 13.2 Å². The Morgan fingerprint density at radius 1 is 1.20 bits per heavy atom. The molecule has 0 unspecified atom stereocenters. The Bertz CT molecular complexity index is 427. The van der Waals surface area contributed by atoms with Gasteiger partial charge in [0.2, 0.25) is 5.91 Å². The zero-order valence-electron chi connectivity index (χ0n) is 12.5. The van der Waals surface area contributed by atoms with E-state index >= 15 is 0 Å². The second kappa shape index (κ2) is 10.1. The van der Waals surface area contributed by atoms with Crippen LogP contribution in [0.5, 0.6) is 5.75 Å². The predicted octanol–water partition coefficient (Wildman–Crippen LogP) is 3.80. The van der Waals surface area contributed by atoms with E-state index in [1.165, 1.54) is 0 Å². The summed E-state index contributed by atoms with van der Waals surface area (Å²) in [4.78, 5) is 11.6. The zero-order chi connectivity index (χ0) is 14.6. The highest BCUT2D eigenvalue weighted by atomic mass is 16.5. The first-order valence-electron chi connectivity index (χ1n) is 7.45. The first kappa shape index (κ1) is 16.3. The highest BCUT2D eigenvalue weighted by Gasteiger charge is 2.00. The largest absolute Gasteiger partial charge is 0.493 e. The van der Waals surface area contributed by atoms with E-state index in [1.54, 1.807) is 6.08 Å². The van der Waals surface area contributed by atoms with E-state index in [-0.39, 0.29) is 5.91 Å². The van der Waals surface area contributed by atoms with Gasteiger partial charge in [-0.2, -0.15) is 0 Å². The Morgan fingerprint density at radius 2 is 1.95 bits per heavy atom. The van der Waals surface area contributed by atoms with E-state index in [4.69, 9.17) is 4.74 Å². The van der Waals surface area contributed by atoms with E-state index < -0.39 is 0 Å². The molecule has 0 bridgehead atoms. The van der Waals surface area contributed by atoms with Crippen molar-refractivity contribution in [2.24, 2.45) is 0 Å². The molecule has 0 saturated heterocycles. The number of hydrogen-bond donors (Lipinski definition) is 1. The van der Waals surface area contributed by atoms with Crippen LogP contribution in [0.2, 0.25) is 0 Å². The number of ether oxygens (including phenoxy) is 1. The van der Waals surface area contributed by atoms with E-state index in [0.717, 1.165) is 43.5 Å². The maximum Gasteiger partial charge on any atom is 0.244 e. The van der Waals surface area contributed by atoms with Gasteiger partial charge in [-0.25, -0.2) is 0 Å². The number of para-hydroxylation sites is 1. The van der Waals surface area contributed by atoms with Crippen LogP contribution in [0.25, 0.3) is 6.08 Å². The maximum atomic E-state index is 11.6. The minimum Gasteiger partial charge on any atom is -0.493 e. The molecule has 0 radical (unpaired) electrons. The highest BCUT2D eigenvalue weighted by Crippen LogP contribution is 2.19. The number of unbranched alkanes of at least 4 members (excludes halogenated alkanes) is 2. The van der Waals surface area contributed by atoms with Crippen molar-refractivity contribution in [3.05, 3.63) is 35.9 Å². The van der Waals surface area contributed by atoms with E-state index in [0.29, 0.717) is 6.61 Å². The zero-order valence-corrected chi connectivity index (χ0v) is 12.5. The molecule has 0 heterocycles. The number of carbonyl (C=O) groups excluding carboxylic acids is 1. The molecule has 1 amide bonds. The summed E-state index contributed by atoms with van der Waals surface area (Å²) in [5.74, 6) is 0.778. The SMILES string of the molecule is CCCCNC(=O)/C=C/c1ccccc1OCCCC. The summed E-state index contributed by atoms with van der Waals surface area (Å²) in [5, 5.41) is 2.86. The van der Waals surface area contributed by atoms with Crippen LogP contribution >= 0.6 is 0 Å². The van der Waals surface area contributed by atoms with E-state index in [2.05, 4.69) is 19.2 Å². The molecule has 1 rings (SSSR count). The number of carbonyl (C=O) groups is 1. The van der Waals surface area contributed by atoms with Crippen LogP contribution < -0.4 is 10.1 Å². The van der Waals surface area contributed by atoms with Crippen molar-refractivity contribution < 1.29 is 9.53 Å². The molecule has 3 heteroatoms. The minimum absolute atomic E-state index is 0.0539. The van der Waals surface area contributed by atoms with Crippen LogP contribution in [-0.4, -0.2) is 19.1 Å². The van der Waals surface area contributed by atoms with E-state index in [9.17, 15) is 4.79 Å². The second-order valence-corrected chi connectivity index (χ2v) is 4.72. The number of nitrogens with one attached hydrogen (secondary N) is 1. The lowest BCUT2D eigenvalue weighted by molar-refractivity contribution is -0.116. The molecule has 20 heavy (non-hydrogen) atoms. The van der Waals surface area contributed by atoms with Crippen molar-refractivity contribution in [2.45, 2.75) is 39.5 Å². The van der Waals surface area contributed by atoms with Gasteiger partial charge in [0, 0.05) is 18.2 Å². The maximum absolute atomic E-state index is 11.6. The summed E-state index contributed by atoms with van der Waals surface area (Å²) in [6, 6.07) is 7.78. The summed E-state index contributed by atoms with van der Waals surface area (Å²) in [6.45, 7) is 5.68. The lowest BCUT2D eigenvalue weighted by Gasteiger charge is -2.08. The quantitative estimate of drug-likeness (QED) is 0.550. The van der Waals surface area contributed by atoms with Crippen LogP contribution in [0, 0.1) is 0 Å². The van der Waals surface area contributed by atoms with Crippen molar-refractivity contribution in [3.8, 4) is 5.75 Å². The normalized spacial score (nSPS) is 10.7. The molecule has 110 valence electrons. The van der Waals surface area contributed by atoms with Crippen LogP contribution in [0.4, 0.5) is 0 Å². The third-order valence-electron chi connectivity index (χ3n) is 2.92. The molecule has 0 aliphatic rings. The van der Waals surface area contributed by atoms with Gasteiger partial charge in [-0.3, -0.25) is 4.79 Å². The van der Waals surface area contributed by atoms with Gasteiger partial charge in [0.15, 0.2) is 0 Å². The molecule has 0 aliphatic carbocycles. The smallest absolute Gasteiger partial charge is 0.244 e. The van der Waals surface area contributed by atoms with Crippen LogP contribution in [0.1, 0.15) is 45.1 Å². The van der Waals surface area contributed by atoms with Gasteiger partial charge in [0.25, 0.3) is 0 Å². The van der Waals surface area contributed by atoms with Gasteiger partial charge in [0.05, 0.1) is 6.61 Å². The lowest BCUT2D eigenvalue weighted by atomic mass is 10.2. The Morgan fingerprint density at radius 3 is 2.70 bits per heavy atom. The van der Waals surface area contributed by atoms with Crippen molar-refractivity contribution in [1.82, 2.24) is 5.32 Å². The fraction of sp³-hybridized carbons (Fsp3) is 0.471. The molecule has 0 aliphatic heterocycles. The molecule has 0 atom stereocenters. The van der Waals surface area contributed by atoms with Gasteiger partial charge in [0.1, 0.15) is 5.75 Å². The molecule has 0 aromatic heterocycles. The number of hydrogen-bond acceptors (Lipinski definition) is 2. The highest BCUT2D eigenvalue weighted by molar-refractivity contribution is 5.92. The molecular formula is C17H25NO2. The van der Waals surface area contributed by atoms with Crippen molar-refractivity contribution in [1.29, 1.82) is 0 Å². The summed E-state index contributed by atoms with van der Waals surface area (Å²) in [6.07, 6.45) is 7.61.